The van der Waals surface area contributed by atoms with Crippen molar-refractivity contribution in [1.29, 1.82) is 0 Å². The molecule has 0 aromatic heterocycles. The van der Waals surface area contributed by atoms with Gasteiger partial charge in [0.1, 0.15) is 0 Å². The van der Waals surface area contributed by atoms with E-state index in [9.17, 15) is 9.59 Å². The molecule has 0 bridgehead atoms. The topological polar surface area (TPSA) is 55.4 Å². The Morgan fingerprint density at radius 2 is 1.86 bits per heavy atom. The molecule has 0 saturated carbocycles. The normalized spacial score (nSPS) is 11.5. The zero-order valence-electron chi connectivity index (χ0n) is 12.1. The van der Waals surface area contributed by atoms with Gasteiger partial charge >= 0.3 is 5.97 Å². The first kappa shape index (κ1) is 16.0. The van der Waals surface area contributed by atoms with E-state index in [0.717, 1.165) is 5.56 Å². The molecular weight excluding hydrogens is 302 g/mol. The molecule has 0 spiro atoms. The summed E-state index contributed by atoms with van der Waals surface area (Å²) >= 11 is 5.98. The zero-order chi connectivity index (χ0) is 15.9. The van der Waals surface area contributed by atoms with Crippen LogP contribution < -0.4 is 5.32 Å². The van der Waals surface area contributed by atoms with Crippen LogP contribution in [-0.2, 0) is 9.53 Å². The van der Waals surface area contributed by atoms with Crippen LogP contribution in [0.2, 0.25) is 5.02 Å². The average molecular weight is 318 g/mol. The number of ether oxygens (including phenoxy) is 1. The summed E-state index contributed by atoms with van der Waals surface area (Å²) in [5.41, 5.74) is 1.28. The molecule has 22 heavy (non-hydrogen) atoms. The van der Waals surface area contributed by atoms with Crippen LogP contribution in [0, 0.1) is 0 Å². The monoisotopic (exact) mass is 317 g/mol. The second-order valence-electron chi connectivity index (χ2n) is 4.73. The fourth-order valence-corrected chi connectivity index (χ4v) is 2.26. The number of amides is 1. The smallest absolute Gasteiger partial charge is 0.307 e. The molecule has 0 heterocycles. The van der Waals surface area contributed by atoms with Gasteiger partial charge in [0.25, 0.3) is 5.91 Å². The van der Waals surface area contributed by atoms with Gasteiger partial charge in [-0.15, -0.1) is 0 Å². The van der Waals surface area contributed by atoms with Crippen LogP contribution in [0.4, 0.5) is 0 Å². The van der Waals surface area contributed by atoms with Crippen molar-refractivity contribution in [3.05, 3.63) is 70.7 Å². The number of hydrogen-bond donors (Lipinski definition) is 1. The number of hydrogen-bond acceptors (Lipinski definition) is 3. The number of carbonyl (C=O) groups is 2. The third kappa shape index (κ3) is 4.33. The van der Waals surface area contributed by atoms with Crippen molar-refractivity contribution in [2.45, 2.75) is 12.5 Å². The summed E-state index contributed by atoms with van der Waals surface area (Å²) < 4.78 is 4.70. The molecule has 1 N–H and O–H groups in total. The Morgan fingerprint density at radius 1 is 1.14 bits per heavy atom. The molecule has 2 aromatic carbocycles. The molecule has 2 aromatic rings. The fraction of sp³-hybridized carbons (Fsp3) is 0.176. The maximum absolute atomic E-state index is 12.3. The highest BCUT2D eigenvalue weighted by Gasteiger charge is 2.19. The molecule has 0 fully saturated rings. The molecule has 0 aliphatic carbocycles. The molecule has 1 amide bonds. The second-order valence-corrected chi connectivity index (χ2v) is 5.16. The summed E-state index contributed by atoms with van der Waals surface area (Å²) in [6, 6.07) is 15.4. The van der Waals surface area contributed by atoms with Gasteiger partial charge in [0.05, 0.1) is 19.6 Å². The highest BCUT2D eigenvalue weighted by Crippen LogP contribution is 2.21. The first-order valence-electron chi connectivity index (χ1n) is 6.78. The minimum Gasteiger partial charge on any atom is -0.469 e. The molecule has 114 valence electrons. The highest BCUT2D eigenvalue weighted by atomic mass is 35.5. The molecule has 5 heteroatoms. The Balaban J connectivity index is 2.21. The van der Waals surface area contributed by atoms with Crippen LogP contribution in [0.15, 0.2) is 54.6 Å². The number of rotatable bonds is 5. The maximum Gasteiger partial charge on any atom is 0.307 e. The van der Waals surface area contributed by atoms with Crippen molar-refractivity contribution in [2.75, 3.05) is 7.11 Å². The van der Waals surface area contributed by atoms with Crippen molar-refractivity contribution in [3.63, 3.8) is 0 Å². The fourth-order valence-electron chi connectivity index (χ4n) is 2.06. The SMILES string of the molecule is COC(=O)CC(NC(=O)c1ccccc1)c1cccc(Cl)c1. The van der Waals surface area contributed by atoms with Crippen LogP contribution in [0.1, 0.15) is 28.4 Å². The van der Waals surface area contributed by atoms with E-state index in [0.29, 0.717) is 10.6 Å². The molecule has 2 rings (SSSR count). The van der Waals surface area contributed by atoms with Crippen LogP contribution >= 0.6 is 11.6 Å². The van der Waals surface area contributed by atoms with Crippen molar-refractivity contribution < 1.29 is 14.3 Å². The van der Waals surface area contributed by atoms with E-state index in [2.05, 4.69) is 5.32 Å². The van der Waals surface area contributed by atoms with E-state index in [-0.39, 0.29) is 12.3 Å². The molecule has 0 radical (unpaired) electrons. The van der Waals surface area contributed by atoms with E-state index in [1.54, 1.807) is 42.5 Å². The molecule has 0 aliphatic rings. The van der Waals surface area contributed by atoms with E-state index in [4.69, 9.17) is 16.3 Å². The number of benzene rings is 2. The van der Waals surface area contributed by atoms with Crippen molar-refractivity contribution in [1.82, 2.24) is 5.32 Å². The first-order valence-corrected chi connectivity index (χ1v) is 7.16. The van der Waals surface area contributed by atoms with Gasteiger partial charge in [-0.3, -0.25) is 9.59 Å². The Kier molecular flexibility index (Phi) is 5.55. The first-order chi connectivity index (χ1) is 10.6. The van der Waals surface area contributed by atoms with Crippen molar-refractivity contribution >= 4 is 23.5 Å². The van der Waals surface area contributed by atoms with Gasteiger partial charge in [-0.05, 0) is 29.8 Å². The van der Waals surface area contributed by atoms with Gasteiger partial charge < -0.3 is 10.1 Å². The van der Waals surface area contributed by atoms with Crippen LogP contribution in [0.5, 0.6) is 0 Å². The van der Waals surface area contributed by atoms with Crippen LogP contribution in [0.3, 0.4) is 0 Å². The van der Waals surface area contributed by atoms with Crippen LogP contribution in [-0.4, -0.2) is 19.0 Å². The van der Waals surface area contributed by atoms with Gasteiger partial charge in [-0.2, -0.15) is 0 Å². The van der Waals surface area contributed by atoms with Crippen molar-refractivity contribution in [3.8, 4) is 0 Å². The summed E-state index contributed by atoms with van der Waals surface area (Å²) in [7, 11) is 1.32. The molecule has 1 atom stereocenters. The van der Waals surface area contributed by atoms with Gasteiger partial charge in [-0.25, -0.2) is 0 Å². The van der Waals surface area contributed by atoms with Gasteiger partial charge in [0.15, 0.2) is 0 Å². The van der Waals surface area contributed by atoms with Crippen molar-refractivity contribution in [2.24, 2.45) is 0 Å². The lowest BCUT2D eigenvalue weighted by atomic mass is 10.0. The Bertz CT molecular complexity index is 658. The maximum atomic E-state index is 12.3. The average Bonchev–Trinajstić information content (AvgIpc) is 2.54. The Hall–Kier alpha value is -2.33. The summed E-state index contributed by atoms with van der Waals surface area (Å²) in [6.07, 6.45) is 0.0371. The van der Waals surface area contributed by atoms with E-state index in [1.807, 2.05) is 12.1 Å². The third-order valence-corrected chi connectivity index (χ3v) is 3.43. The third-order valence-electron chi connectivity index (χ3n) is 3.19. The largest absolute Gasteiger partial charge is 0.469 e. The number of nitrogens with one attached hydrogen (secondary N) is 1. The lowest BCUT2D eigenvalue weighted by Crippen LogP contribution is -2.30. The van der Waals surface area contributed by atoms with E-state index < -0.39 is 12.0 Å². The summed E-state index contributed by atoms with van der Waals surface area (Å²) in [5.74, 6) is -0.659. The zero-order valence-corrected chi connectivity index (χ0v) is 12.8. The standard InChI is InChI=1S/C17H16ClNO3/c1-22-16(20)11-15(13-8-5-9-14(18)10-13)19-17(21)12-6-3-2-4-7-12/h2-10,15H,11H2,1H3,(H,19,21). The molecular formula is C17H16ClNO3. The quantitative estimate of drug-likeness (QED) is 0.860. The van der Waals surface area contributed by atoms with Gasteiger partial charge in [-0.1, -0.05) is 41.9 Å². The minimum absolute atomic E-state index is 0.0371. The minimum atomic E-state index is -0.501. The lowest BCUT2D eigenvalue weighted by Gasteiger charge is -2.18. The second kappa shape index (κ2) is 7.61. The number of carbonyl (C=O) groups excluding carboxylic acids is 2. The Labute approximate surface area is 134 Å². The van der Waals surface area contributed by atoms with Gasteiger partial charge in [0.2, 0.25) is 0 Å². The molecule has 4 nitrogen and oxygen atoms in total. The molecule has 1 unspecified atom stereocenters. The predicted molar refractivity (Wildman–Crippen MR) is 84.7 cm³/mol. The highest BCUT2D eigenvalue weighted by molar-refractivity contribution is 6.30. The number of esters is 1. The number of methoxy groups -OCH3 is 1. The predicted octanol–water partition coefficient (Wildman–Crippen LogP) is 3.37. The van der Waals surface area contributed by atoms with Crippen LogP contribution in [0.25, 0.3) is 0 Å². The molecule has 0 aliphatic heterocycles. The lowest BCUT2D eigenvalue weighted by molar-refractivity contribution is -0.141. The van der Waals surface area contributed by atoms with E-state index in [1.165, 1.54) is 7.11 Å². The Morgan fingerprint density at radius 3 is 2.50 bits per heavy atom. The number of halogens is 1. The van der Waals surface area contributed by atoms with Gasteiger partial charge in [0, 0.05) is 10.6 Å². The summed E-state index contributed by atoms with van der Waals surface area (Å²) in [4.78, 5) is 23.9. The summed E-state index contributed by atoms with van der Waals surface area (Å²) in [6.45, 7) is 0. The summed E-state index contributed by atoms with van der Waals surface area (Å²) in [5, 5.41) is 3.39. The van der Waals surface area contributed by atoms with E-state index >= 15 is 0 Å². The molecule has 0 saturated heterocycles.